The summed E-state index contributed by atoms with van der Waals surface area (Å²) in [6.07, 6.45) is 4.42. The van der Waals surface area contributed by atoms with Crippen molar-refractivity contribution >= 4 is 53.7 Å². The summed E-state index contributed by atoms with van der Waals surface area (Å²) in [7, 11) is -2.44. The molecule has 0 bridgehead atoms. The zero-order valence-corrected chi connectivity index (χ0v) is 21.4. The molecule has 1 N–H and O–H groups in total. The predicted octanol–water partition coefficient (Wildman–Crippen LogP) is 0.00660. The van der Waals surface area contributed by atoms with Gasteiger partial charge in [-0.1, -0.05) is 36.4 Å². The van der Waals surface area contributed by atoms with Crippen molar-refractivity contribution in [3.8, 4) is 0 Å². The number of benzene rings is 1. The Balaban J connectivity index is 1.94. The molecule has 0 aliphatic carbocycles. The third-order valence-corrected chi connectivity index (χ3v) is 7.30. The largest absolute Gasteiger partial charge is 0.354 e. The Hall–Kier alpha value is -2.89. The van der Waals surface area contributed by atoms with E-state index in [1.54, 1.807) is 60.9 Å². The summed E-state index contributed by atoms with van der Waals surface area (Å²) in [5, 5.41) is 2.60. The topological polar surface area (TPSA) is 109 Å². The smallest absolute Gasteiger partial charge is 0.245 e. The molecular weight excluding hydrogens is 464 g/mol. The van der Waals surface area contributed by atoms with Crippen LogP contribution in [0.4, 0.5) is 5.82 Å². The minimum atomic E-state index is -3.25. The second-order valence-electron chi connectivity index (χ2n) is 7.22. The van der Waals surface area contributed by atoms with Crippen LogP contribution in [0, 0.1) is 0 Å². The lowest BCUT2D eigenvalue weighted by atomic mass is 9.96. The minimum absolute atomic E-state index is 0.0729. The molecule has 0 saturated heterocycles. The number of pyridine rings is 1. The van der Waals surface area contributed by atoms with Crippen LogP contribution in [-0.4, -0.2) is 59.0 Å². The van der Waals surface area contributed by atoms with Gasteiger partial charge >= 0.3 is 0 Å². The van der Waals surface area contributed by atoms with Crippen LogP contribution in [0.2, 0.25) is 0 Å². The van der Waals surface area contributed by atoms with Crippen LogP contribution in [0.1, 0.15) is 16.4 Å². The van der Waals surface area contributed by atoms with E-state index in [1.807, 2.05) is 0 Å². The summed E-state index contributed by atoms with van der Waals surface area (Å²) in [6.45, 7) is 0.159. The fraction of sp³-hybridized carbons (Fsp3) is 0.238. The summed E-state index contributed by atoms with van der Waals surface area (Å²) in [5.74, 6) is -1.94. The number of hydrogen-bond donors (Lipinski definition) is 1. The Bertz CT molecular complexity index is 1170. The highest BCUT2D eigenvalue weighted by molar-refractivity contribution is 7.90. The van der Waals surface area contributed by atoms with E-state index in [9.17, 15) is 18.0 Å². The number of sulfone groups is 1. The molecule has 1 atom stereocenters. The van der Waals surface area contributed by atoms with Gasteiger partial charge in [0.15, 0.2) is 0 Å². The maximum atomic E-state index is 13.8. The molecule has 32 heavy (non-hydrogen) atoms. The van der Waals surface area contributed by atoms with Crippen molar-refractivity contribution in [2.45, 2.75) is 12.5 Å². The van der Waals surface area contributed by atoms with E-state index in [4.69, 9.17) is 0 Å². The number of aromatic nitrogens is 2. The molecule has 3 aromatic rings. The first-order valence-electron chi connectivity index (χ1n) is 9.88. The zero-order chi connectivity index (χ0) is 23.1. The van der Waals surface area contributed by atoms with Crippen molar-refractivity contribution < 1.29 is 18.0 Å². The van der Waals surface area contributed by atoms with E-state index in [2.05, 4.69) is 15.3 Å². The average molecular weight is 489 g/mol. The van der Waals surface area contributed by atoms with E-state index in [-0.39, 0.29) is 18.8 Å². The number of rotatable bonds is 9. The second-order valence-corrected chi connectivity index (χ2v) is 12.5. The molecular formula is C21H24N4O4S2Si. The van der Waals surface area contributed by atoms with E-state index in [0.29, 0.717) is 11.4 Å². The summed E-state index contributed by atoms with van der Waals surface area (Å²) >= 11 is 1.52. The van der Waals surface area contributed by atoms with Crippen LogP contribution in [0.15, 0.2) is 60.9 Å². The number of carbonyl (C=O) groups excluding carboxylic acids is 2. The Morgan fingerprint density at radius 3 is 2.44 bits per heavy atom. The van der Waals surface area contributed by atoms with Gasteiger partial charge in [0.25, 0.3) is 0 Å². The van der Waals surface area contributed by atoms with E-state index < -0.39 is 27.6 Å². The molecule has 0 aliphatic rings. The van der Waals surface area contributed by atoms with Gasteiger partial charge in [-0.05, 0) is 17.7 Å². The molecule has 8 nitrogen and oxygen atoms in total. The first-order valence-corrected chi connectivity index (χ1v) is 13.8. The molecule has 2 amide bonds. The maximum absolute atomic E-state index is 13.8. The van der Waals surface area contributed by atoms with Gasteiger partial charge in [-0.15, -0.1) is 11.3 Å². The molecule has 0 radical (unpaired) electrons. The van der Waals surface area contributed by atoms with Crippen LogP contribution in [0.5, 0.6) is 0 Å². The van der Waals surface area contributed by atoms with Crippen LogP contribution in [0.3, 0.4) is 0 Å². The standard InChI is InChI=1S/C21H24N4O4S2Si/c1-31(28,29)12-11-23-19(26)18(15-7-3-2-4-8-15)20(27)25(17-9-5-6-10-22-17)14-16-13-24-21(32)30-16/h2-10,13,18H,11-12,14H2,1,32H3,(H,23,26). The fourth-order valence-electron chi connectivity index (χ4n) is 3.09. The predicted molar refractivity (Wildman–Crippen MR) is 129 cm³/mol. The SMILES string of the molecule is CS(=O)(=O)CCNC(=O)C(C(=O)N(Cc1cnc([SiH3])s1)c1ccccn1)c1ccccc1. The number of nitrogens with zero attached hydrogens (tertiary/aromatic N) is 3. The van der Waals surface area contributed by atoms with Gasteiger partial charge < -0.3 is 5.32 Å². The summed E-state index contributed by atoms with van der Waals surface area (Å²) in [5.41, 5.74) is 0.517. The number of nitrogens with one attached hydrogen (secondary N) is 1. The van der Waals surface area contributed by atoms with Gasteiger partial charge in [-0.2, -0.15) is 0 Å². The first kappa shape index (κ1) is 23.8. The molecule has 2 heterocycles. The number of amides is 2. The minimum Gasteiger partial charge on any atom is -0.354 e. The highest BCUT2D eigenvalue weighted by Crippen LogP contribution is 2.24. The summed E-state index contributed by atoms with van der Waals surface area (Å²) in [6, 6.07) is 14.0. The fourth-order valence-corrected chi connectivity index (χ4v) is 5.26. The van der Waals surface area contributed by atoms with Crippen LogP contribution < -0.4 is 14.8 Å². The molecule has 0 spiro atoms. The van der Waals surface area contributed by atoms with Gasteiger partial charge in [-0.25, -0.2) is 13.4 Å². The highest BCUT2D eigenvalue weighted by Gasteiger charge is 2.33. The normalized spacial score (nSPS) is 12.3. The number of anilines is 1. The third kappa shape index (κ3) is 6.55. The van der Waals surface area contributed by atoms with Crippen molar-refractivity contribution in [3.05, 3.63) is 71.4 Å². The third-order valence-electron chi connectivity index (χ3n) is 4.59. The molecule has 11 heteroatoms. The number of thiazole rings is 1. The van der Waals surface area contributed by atoms with Crippen molar-refractivity contribution in [1.82, 2.24) is 15.3 Å². The first-order chi connectivity index (χ1) is 15.2. The Labute approximate surface area is 194 Å². The Morgan fingerprint density at radius 1 is 1.12 bits per heavy atom. The van der Waals surface area contributed by atoms with Crippen LogP contribution in [0.25, 0.3) is 0 Å². The van der Waals surface area contributed by atoms with Gasteiger partial charge in [0.05, 0.1) is 27.2 Å². The van der Waals surface area contributed by atoms with Crippen LogP contribution in [-0.2, 0) is 26.0 Å². The molecule has 1 unspecified atom stereocenters. The van der Waals surface area contributed by atoms with Gasteiger partial charge in [0, 0.05) is 30.1 Å². The molecule has 1 aromatic carbocycles. The average Bonchev–Trinajstić information content (AvgIpc) is 3.17. The highest BCUT2D eigenvalue weighted by atomic mass is 32.2. The molecule has 3 rings (SSSR count). The number of hydrogen-bond acceptors (Lipinski definition) is 7. The summed E-state index contributed by atoms with van der Waals surface area (Å²) < 4.78 is 23.9. The molecule has 0 fully saturated rings. The van der Waals surface area contributed by atoms with Crippen molar-refractivity contribution in [1.29, 1.82) is 0 Å². The van der Waals surface area contributed by atoms with Crippen molar-refractivity contribution in [2.75, 3.05) is 23.5 Å². The van der Waals surface area contributed by atoms with Gasteiger partial charge in [-0.3, -0.25) is 19.5 Å². The van der Waals surface area contributed by atoms with Gasteiger partial charge in [0.2, 0.25) is 11.8 Å². The number of carbonyl (C=O) groups is 2. The lowest BCUT2D eigenvalue weighted by Crippen LogP contribution is -2.43. The maximum Gasteiger partial charge on any atom is 0.245 e. The van der Waals surface area contributed by atoms with Crippen molar-refractivity contribution in [3.63, 3.8) is 0 Å². The van der Waals surface area contributed by atoms with E-state index in [1.165, 1.54) is 16.2 Å². The quantitative estimate of drug-likeness (QED) is 0.336. The Morgan fingerprint density at radius 2 is 1.84 bits per heavy atom. The molecule has 168 valence electrons. The lowest BCUT2D eigenvalue weighted by Gasteiger charge is -2.26. The lowest BCUT2D eigenvalue weighted by molar-refractivity contribution is -0.130. The Kier molecular flexibility index (Phi) is 7.88. The van der Waals surface area contributed by atoms with Crippen LogP contribution >= 0.6 is 11.3 Å². The van der Waals surface area contributed by atoms with Crippen molar-refractivity contribution in [2.24, 2.45) is 0 Å². The van der Waals surface area contributed by atoms with E-state index in [0.717, 1.165) is 26.0 Å². The molecule has 0 saturated carbocycles. The summed E-state index contributed by atoms with van der Waals surface area (Å²) in [4.78, 5) is 37.8. The van der Waals surface area contributed by atoms with E-state index >= 15 is 0 Å². The zero-order valence-electron chi connectivity index (χ0n) is 17.8. The molecule has 2 aromatic heterocycles. The monoisotopic (exact) mass is 488 g/mol. The van der Waals surface area contributed by atoms with Gasteiger partial charge in [0.1, 0.15) is 21.6 Å². The molecule has 0 aliphatic heterocycles. The second kappa shape index (κ2) is 10.6.